The first-order valence-corrected chi connectivity index (χ1v) is 8.81. The number of anilines is 1. The molecule has 0 fully saturated rings. The first-order chi connectivity index (χ1) is 13.2. The van der Waals surface area contributed by atoms with Gasteiger partial charge in [0.05, 0.1) is 5.69 Å². The summed E-state index contributed by atoms with van der Waals surface area (Å²) in [5, 5.41) is 18.7. The van der Waals surface area contributed by atoms with Crippen molar-refractivity contribution >= 4 is 11.7 Å². The molecule has 1 aromatic carbocycles. The summed E-state index contributed by atoms with van der Waals surface area (Å²) in [5.74, 6) is -19.7. The Bertz CT molecular complexity index is 627. The Labute approximate surface area is 165 Å². The van der Waals surface area contributed by atoms with Gasteiger partial charge in [-0.2, -0.15) is 26.3 Å². The summed E-state index contributed by atoms with van der Waals surface area (Å²) >= 11 is 0. The van der Waals surface area contributed by atoms with Crippen LogP contribution in [-0.2, 0) is 4.79 Å². The SMILES string of the molecule is CCCCCCC(F)(F)C(F)(F)C(F)(F)C(=O)O.CNN(C)c1ccc(O)cc1. The average molecular weight is 432 g/mol. The molecule has 168 valence electrons. The lowest BCUT2D eigenvalue weighted by Gasteiger charge is -2.30. The number of hydrogen-bond donors (Lipinski definition) is 3. The number of carbonyl (C=O) groups is 1. The van der Waals surface area contributed by atoms with Crippen LogP contribution in [-0.4, -0.2) is 48.0 Å². The Morgan fingerprint density at radius 2 is 1.55 bits per heavy atom. The van der Waals surface area contributed by atoms with Gasteiger partial charge in [-0.05, 0) is 30.7 Å². The van der Waals surface area contributed by atoms with Gasteiger partial charge in [-0.1, -0.05) is 26.2 Å². The Morgan fingerprint density at radius 3 is 1.97 bits per heavy atom. The maximum Gasteiger partial charge on any atom is 0.410 e. The van der Waals surface area contributed by atoms with Crippen LogP contribution in [0.4, 0.5) is 32.0 Å². The van der Waals surface area contributed by atoms with E-state index in [9.17, 15) is 31.1 Å². The van der Waals surface area contributed by atoms with Gasteiger partial charge in [-0.25, -0.2) is 10.2 Å². The van der Waals surface area contributed by atoms with Gasteiger partial charge >= 0.3 is 23.7 Å². The number of aromatic hydroxyl groups is 1. The Balaban J connectivity index is 0.000000604. The summed E-state index contributed by atoms with van der Waals surface area (Å²) in [6, 6.07) is 6.99. The molecule has 0 saturated carbocycles. The number of alkyl halides is 6. The molecular weight excluding hydrogens is 406 g/mol. The summed E-state index contributed by atoms with van der Waals surface area (Å²) in [6.07, 6.45) is -0.472. The number of carboxylic acids is 1. The number of aliphatic carboxylic acids is 1. The van der Waals surface area contributed by atoms with E-state index in [0.717, 1.165) is 5.69 Å². The summed E-state index contributed by atoms with van der Waals surface area (Å²) in [6.45, 7) is 1.76. The van der Waals surface area contributed by atoms with Gasteiger partial charge in [0.1, 0.15) is 5.75 Å². The van der Waals surface area contributed by atoms with Crippen LogP contribution in [0.15, 0.2) is 24.3 Å². The minimum Gasteiger partial charge on any atom is -0.508 e. The minimum absolute atomic E-state index is 0.195. The fourth-order valence-electron chi connectivity index (χ4n) is 2.10. The molecule has 0 aliphatic heterocycles. The molecule has 0 radical (unpaired) electrons. The molecule has 0 heterocycles. The van der Waals surface area contributed by atoms with E-state index >= 15 is 0 Å². The molecule has 3 N–H and O–H groups in total. The third-order valence-electron chi connectivity index (χ3n) is 4.04. The highest BCUT2D eigenvalue weighted by Gasteiger charge is 2.74. The minimum atomic E-state index is -5.90. The smallest absolute Gasteiger partial charge is 0.410 e. The molecule has 1 aromatic rings. The second-order valence-electron chi connectivity index (χ2n) is 6.27. The lowest BCUT2D eigenvalue weighted by molar-refractivity contribution is -0.305. The third-order valence-corrected chi connectivity index (χ3v) is 4.04. The molecule has 0 aromatic heterocycles. The van der Waals surface area contributed by atoms with Crippen molar-refractivity contribution in [2.45, 2.75) is 56.8 Å². The predicted octanol–water partition coefficient (Wildman–Crippen LogP) is 4.91. The number of nitrogens with zero attached hydrogens (tertiary/aromatic N) is 1. The maximum atomic E-state index is 13.0. The van der Waals surface area contributed by atoms with Gasteiger partial charge < -0.3 is 15.2 Å². The number of hydrazine groups is 1. The molecular formula is C18H26F6N2O3. The van der Waals surface area contributed by atoms with E-state index < -0.39 is 30.2 Å². The molecule has 0 saturated heterocycles. The van der Waals surface area contributed by atoms with Gasteiger partial charge in [0.15, 0.2) is 0 Å². The molecule has 0 spiro atoms. The van der Waals surface area contributed by atoms with Crippen LogP contribution in [0.1, 0.15) is 39.0 Å². The lowest BCUT2D eigenvalue weighted by Crippen LogP contribution is -2.57. The van der Waals surface area contributed by atoms with Gasteiger partial charge in [-0.3, -0.25) is 0 Å². The van der Waals surface area contributed by atoms with Gasteiger partial charge in [0.2, 0.25) is 0 Å². The van der Waals surface area contributed by atoms with Crippen LogP contribution in [0.2, 0.25) is 0 Å². The first kappa shape index (κ1) is 26.8. The standard InChI is InChI=1S/C10H14F6O2.C8H12N2O/c1-2-3-4-5-6-8(11,12)10(15,16)9(13,14)7(17)18;1-9-10(2)7-3-5-8(11)6-4-7/h2-6H2,1H3,(H,17,18);3-6,9,11H,1-2H3. The first-order valence-electron chi connectivity index (χ1n) is 8.81. The summed E-state index contributed by atoms with van der Waals surface area (Å²) in [7, 11) is 3.75. The molecule has 0 unspecified atom stereocenters. The Morgan fingerprint density at radius 1 is 1.03 bits per heavy atom. The van der Waals surface area contributed by atoms with Crippen LogP contribution in [0.5, 0.6) is 5.75 Å². The van der Waals surface area contributed by atoms with Crippen LogP contribution in [0.25, 0.3) is 0 Å². The highest BCUT2D eigenvalue weighted by Crippen LogP contribution is 2.48. The quantitative estimate of drug-likeness (QED) is 0.278. The van der Waals surface area contributed by atoms with Crippen molar-refractivity contribution in [1.82, 2.24) is 5.43 Å². The molecule has 1 rings (SSSR count). The zero-order valence-corrected chi connectivity index (χ0v) is 16.4. The van der Waals surface area contributed by atoms with E-state index in [4.69, 9.17) is 10.2 Å². The van der Waals surface area contributed by atoms with Crippen molar-refractivity contribution in [1.29, 1.82) is 0 Å². The van der Waals surface area contributed by atoms with Crippen LogP contribution < -0.4 is 10.4 Å². The van der Waals surface area contributed by atoms with Crippen molar-refractivity contribution in [3.63, 3.8) is 0 Å². The zero-order valence-electron chi connectivity index (χ0n) is 16.4. The second kappa shape index (κ2) is 11.1. The lowest BCUT2D eigenvalue weighted by atomic mass is 9.98. The fraction of sp³-hybridized carbons (Fsp3) is 0.611. The van der Waals surface area contributed by atoms with E-state index in [1.165, 1.54) is 0 Å². The van der Waals surface area contributed by atoms with Crippen LogP contribution >= 0.6 is 0 Å². The molecule has 0 amide bonds. The molecule has 0 aliphatic carbocycles. The van der Waals surface area contributed by atoms with Crippen LogP contribution in [0.3, 0.4) is 0 Å². The number of rotatable bonds is 10. The van der Waals surface area contributed by atoms with E-state index in [-0.39, 0.29) is 12.8 Å². The summed E-state index contributed by atoms with van der Waals surface area (Å²) in [5.41, 5.74) is 3.97. The van der Waals surface area contributed by atoms with Gasteiger partial charge in [0, 0.05) is 20.5 Å². The van der Waals surface area contributed by atoms with Crippen molar-refractivity contribution in [2.24, 2.45) is 0 Å². The van der Waals surface area contributed by atoms with Crippen molar-refractivity contribution in [2.75, 3.05) is 19.1 Å². The van der Waals surface area contributed by atoms with E-state index in [1.807, 2.05) is 31.2 Å². The van der Waals surface area contributed by atoms with E-state index in [1.54, 1.807) is 19.1 Å². The largest absolute Gasteiger partial charge is 0.508 e. The average Bonchev–Trinajstić information content (AvgIpc) is 2.65. The maximum absolute atomic E-state index is 13.0. The normalized spacial score (nSPS) is 12.2. The molecule has 11 heteroatoms. The summed E-state index contributed by atoms with van der Waals surface area (Å²) < 4.78 is 76.8. The number of halogens is 6. The molecule has 5 nitrogen and oxygen atoms in total. The van der Waals surface area contributed by atoms with Gasteiger partial charge in [0.25, 0.3) is 0 Å². The van der Waals surface area contributed by atoms with Crippen molar-refractivity contribution in [3.05, 3.63) is 24.3 Å². The molecule has 0 aliphatic rings. The van der Waals surface area contributed by atoms with E-state index in [2.05, 4.69) is 5.43 Å². The van der Waals surface area contributed by atoms with E-state index in [0.29, 0.717) is 18.6 Å². The predicted molar refractivity (Wildman–Crippen MR) is 96.8 cm³/mol. The highest BCUT2D eigenvalue weighted by atomic mass is 19.3. The molecule has 29 heavy (non-hydrogen) atoms. The van der Waals surface area contributed by atoms with Gasteiger partial charge in [-0.15, -0.1) is 0 Å². The third kappa shape index (κ3) is 7.30. The number of phenols is 1. The Hall–Kier alpha value is -2.17. The molecule has 0 bridgehead atoms. The number of carboxylic acid groups (broad SMARTS) is 1. The number of hydrogen-bond acceptors (Lipinski definition) is 4. The number of unbranched alkanes of at least 4 members (excludes halogenated alkanes) is 3. The highest BCUT2D eigenvalue weighted by molar-refractivity contribution is 5.77. The van der Waals surface area contributed by atoms with Crippen molar-refractivity contribution < 1.29 is 41.4 Å². The monoisotopic (exact) mass is 432 g/mol. The zero-order chi connectivity index (χ0) is 22.9. The van der Waals surface area contributed by atoms with Crippen LogP contribution in [0, 0.1) is 0 Å². The summed E-state index contributed by atoms with van der Waals surface area (Å²) in [4.78, 5) is 9.93. The fourth-order valence-corrected chi connectivity index (χ4v) is 2.10. The molecule has 0 atom stereocenters. The number of phenolic OH excluding ortho intramolecular Hbond substituents is 1. The topological polar surface area (TPSA) is 72.8 Å². The number of nitrogens with one attached hydrogen (secondary N) is 1. The second-order valence-corrected chi connectivity index (χ2v) is 6.27. The number of benzene rings is 1. The Kier molecular flexibility index (Phi) is 10.3. The van der Waals surface area contributed by atoms with Crippen molar-refractivity contribution in [3.8, 4) is 5.75 Å².